The number of hydrogen-bond donors (Lipinski definition) is 1. The van der Waals surface area contributed by atoms with Gasteiger partial charge in [-0.15, -0.1) is 0 Å². The average Bonchev–Trinajstić information content (AvgIpc) is 2.80. The number of aromatic nitrogens is 1. The molecular formula is C26H24N2O3. The highest BCUT2D eigenvalue weighted by Gasteiger charge is 2.11. The van der Waals surface area contributed by atoms with Gasteiger partial charge in [-0.2, -0.15) is 0 Å². The first-order chi connectivity index (χ1) is 15.0. The molecule has 4 aromatic rings. The number of benzene rings is 3. The Hall–Kier alpha value is -3.86. The molecule has 0 saturated carbocycles. The number of aryl methyl sites for hydroxylation is 2. The number of nitrogens with one attached hydrogen (secondary N) is 1. The fraction of sp³-hybridized carbons (Fsp3) is 0.154. The Balaban J connectivity index is 1.57. The van der Waals surface area contributed by atoms with Gasteiger partial charge in [-0.05, 0) is 73.5 Å². The largest absolute Gasteiger partial charge is 0.497 e. The van der Waals surface area contributed by atoms with Crippen molar-refractivity contribution in [2.24, 2.45) is 0 Å². The predicted molar refractivity (Wildman–Crippen MR) is 124 cm³/mol. The number of rotatable bonds is 6. The van der Waals surface area contributed by atoms with Crippen LogP contribution in [0.4, 0.5) is 5.69 Å². The molecule has 0 spiro atoms. The average molecular weight is 412 g/mol. The second-order valence-electron chi connectivity index (χ2n) is 7.39. The molecule has 1 N–H and O–H groups in total. The molecule has 0 radical (unpaired) electrons. The molecule has 0 atom stereocenters. The molecule has 5 nitrogen and oxygen atoms in total. The van der Waals surface area contributed by atoms with E-state index in [1.165, 1.54) is 5.56 Å². The Morgan fingerprint density at radius 3 is 2.45 bits per heavy atom. The summed E-state index contributed by atoms with van der Waals surface area (Å²) in [5.41, 5.74) is 5.59. The van der Waals surface area contributed by atoms with Crippen LogP contribution in [-0.4, -0.2) is 24.6 Å². The minimum absolute atomic E-state index is 0.0943. The molecule has 156 valence electrons. The van der Waals surface area contributed by atoms with Gasteiger partial charge in [0.25, 0.3) is 5.91 Å². The van der Waals surface area contributed by atoms with Gasteiger partial charge in [0, 0.05) is 22.7 Å². The zero-order chi connectivity index (χ0) is 21.8. The van der Waals surface area contributed by atoms with Crippen molar-refractivity contribution in [1.29, 1.82) is 0 Å². The molecule has 5 heteroatoms. The Labute approximate surface area is 181 Å². The van der Waals surface area contributed by atoms with E-state index >= 15 is 0 Å². The molecule has 0 fully saturated rings. The zero-order valence-electron chi connectivity index (χ0n) is 17.8. The lowest BCUT2D eigenvalue weighted by atomic mass is 10.1. The van der Waals surface area contributed by atoms with Crippen LogP contribution in [0.1, 0.15) is 11.1 Å². The number of methoxy groups -OCH3 is 1. The van der Waals surface area contributed by atoms with Gasteiger partial charge in [0.15, 0.2) is 6.61 Å². The van der Waals surface area contributed by atoms with Crippen molar-refractivity contribution in [1.82, 2.24) is 4.98 Å². The van der Waals surface area contributed by atoms with E-state index in [2.05, 4.69) is 5.32 Å². The lowest BCUT2D eigenvalue weighted by Crippen LogP contribution is -2.20. The molecule has 0 saturated heterocycles. The molecular weight excluding hydrogens is 388 g/mol. The Bertz CT molecular complexity index is 1230. The molecule has 1 aromatic heterocycles. The molecule has 0 bridgehead atoms. The van der Waals surface area contributed by atoms with Gasteiger partial charge in [0.05, 0.1) is 18.3 Å². The van der Waals surface area contributed by atoms with Crippen LogP contribution in [0.3, 0.4) is 0 Å². The highest BCUT2D eigenvalue weighted by Crippen LogP contribution is 2.30. The lowest BCUT2D eigenvalue weighted by molar-refractivity contribution is -0.118. The third-order valence-electron chi connectivity index (χ3n) is 5.21. The third-order valence-corrected chi connectivity index (χ3v) is 5.21. The smallest absolute Gasteiger partial charge is 0.262 e. The van der Waals surface area contributed by atoms with E-state index in [1.807, 2.05) is 86.6 Å². The van der Waals surface area contributed by atoms with E-state index in [0.717, 1.165) is 39.2 Å². The highest BCUT2D eigenvalue weighted by atomic mass is 16.5. The molecule has 4 rings (SSSR count). The Morgan fingerprint density at radius 2 is 1.71 bits per heavy atom. The van der Waals surface area contributed by atoms with Crippen LogP contribution in [0.2, 0.25) is 0 Å². The van der Waals surface area contributed by atoms with E-state index in [9.17, 15) is 4.79 Å². The standard InChI is InChI=1S/C26H24N2O3/c1-17-8-11-20(14-18(17)2)27-26(29)16-31-25-15-24(19-9-12-21(30-3)13-10-19)28-23-7-5-4-6-22(23)25/h4-15H,16H2,1-3H3,(H,27,29). The quantitative estimate of drug-likeness (QED) is 0.451. The summed E-state index contributed by atoms with van der Waals surface area (Å²) in [6.07, 6.45) is 0. The number of amides is 1. The Morgan fingerprint density at radius 1 is 0.935 bits per heavy atom. The van der Waals surface area contributed by atoms with Gasteiger partial charge in [-0.3, -0.25) is 4.79 Å². The van der Waals surface area contributed by atoms with Gasteiger partial charge >= 0.3 is 0 Å². The first-order valence-corrected chi connectivity index (χ1v) is 10.1. The summed E-state index contributed by atoms with van der Waals surface area (Å²) >= 11 is 0. The normalized spacial score (nSPS) is 10.7. The summed E-state index contributed by atoms with van der Waals surface area (Å²) in [6.45, 7) is 3.97. The minimum atomic E-state index is -0.213. The molecule has 1 heterocycles. The summed E-state index contributed by atoms with van der Waals surface area (Å²) in [5, 5.41) is 3.75. The second kappa shape index (κ2) is 8.88. The summed E-state index contributed by atoms with van der Waals surface area (Å²) in [5.74, 6) is 1.19. The predicted octanol–water partition coefficient (Wildman–Crippen LogP) is 5.54. The summed E-state index contributed by atoms with van der Waals surface area (Å²) in [6, 6.07) is 23.1. The van der Waals surface area contributed by atoms with Crippen molar-refractivity contribution >= 4 is 22.5 Å². The first kappa shape index (κ1) is 20.4. The van der Waals surface area contributed by atoms with Crippen LogP contribution < -0.4 is 14.8 Å². The van der Waals surface area contributed by atoms with Crippen LogP contribution in [0.25, 0.3) is 22.2 Å². The number of nitrogens with zero attached hydrogens (tertiary/aromatic N) is 1. The van der Waals surface area contributed by atoms with E-state index < -0.39 is 0 Å². The maximum atomic E-state index is 12.5. The highest BCUT2D eigenvalue weighted by molar-refractivity contribution is 5.93. The molecule has 1 amide bonds. The van der Waals surface area contributed by atoms with Crippen molar-refractivity contribution in [2.75, 3.05) is 19.0 Å². The summed E-state index contributed by atoms with van der Waals surface area (Å²) < 4.78 is 11.2. The van der Waals surface area contributed by atoms with Crippen molar-refractivity contribution in [3.63, 3.8) is 0 Å². The van der Waals surface area contributed by atoms with Crippen molar-refractivity contribution < 1.29 is 14.3 Å². The number of carbonyl (C=O) groups is 1. The monoisotopic (exact) mass is 412 g/mol. The van der Waals surface area contributed by atoms with Gasteiger partial charge in [-0.25, -0.2) is 4.98 Å². The second-order valence-corrected chi connectivity index (χ2v) is 7.39. The molecule has 0 aliphatic rings. The number of pyridine rings is 1. The van der Waals surface area contributed by atoms with E-state index in [0.29, 0.717) is 5.75 Å². The lowest BCUT2D eigenvalue weighted by Gasteiger charge is -2.12. The number of ether oxygens (including phenoxy) is 2. The molecule has 31 heavy (non-hydrogen) atoms. The third kappa shape index (κ3) is 4.67. The van der Waals surface area contributed by atoms with Crippen molar-refractivity contribution in [2.45, 2.75) is 13.8 Å². The number of carbonyl (C=O) groups excluding carboxylic acids is 1. The zero-order valence-corrected chi connectivity index (χ0v) is 17.8. The van der Waals surface area contributed by atoms with Gasteiger partial charge in [0.2, 0.25) is 0 Å². The van der Waals surface area contributed by atoms with Crippen molar-refractivity contribution in [3.8, 4) is 22.8 Å². The topological polar surface area (TPSA) is 60.5 Å². The van der Waals surface area contributed by atoms with Crippen LogP contribution in [0.5, 0.6) is 11.5 Å². The van der Waals surface area contributed by atoms with Crippen LogP contribution in [0.15, 0.2) is 72.8 Å². The SMILES string of the molecule is COc1ccc(-c2cc(OCC(=O)Nc3ccc(C)c(C)c3)c3ccccc3n2)cc1. The van der Waals surface area contributed by atoms with E-state index in [4.69, 9.17) is 14.5 Å². The van der Waals surface area contributed by atoms with Gasteiger partial charge in [0.1, 0.15) is 11.5 Å². The number of anilines is 1. The molecule has 0 aliphatic heterocycles. The summed E-state index contributed by atoms with van der Waals surface area (Å²) in [4.78, 5) is 17.2. The fourth-order valence-corrected chi connectivity index (χ4v) is 3.33. The fourth-order valence-electron chi connectivity index (χ4n) is 3.33. The summed E-state index contributed by atoms with van der Waals surface area (Å²) in [7, 11) is 1.64. The Kier molecular flexibility index (Phi) is 5.85. The van der Waals surface area contributed by atoms with Crippen LogP contribution >= 0.6 is 0 Å². The van der Waals surface area contributed by atoms with Crippen molar-refractivity contribution in [3.05, 3.63) is 83.9 Å². The van der Waals surface area contributed by atoms with E-state index in [-0.39, 0.29) is 12.5 Å². The maximum absolute atomic E-state index is 12.5. The number of fused-ring (bicyclic) bond motifs is 1. The first-order valence-electron chi connectivity index (χ1n) is 10.1. The number of para-hydroxylation sites is 1. The minimum Gasteiger partial charge on any atom is -0.497 e. The van der Waals surface area contributed by atoms with Crippen LogP contribution in [0, 0.1) is 13.8 Å². The van der Waals surface area contributed by atoms with Gasteiger partial charge in [-0.1, -0.05) is 18.2 Å². The van der Waals surface area contributed by atoms with Crippen LogP contribution in [-0.2, 0) is 4.79 Å². The maximum Gasteiger partial charge on any atom is 0.262 e. The molecule has 0 aliphatic carbocycles. The molecule has 3 aromatic carbocycles. The molecule has 0 unspecified atom stereocenters. The number of hydrogen-bond acceptors (Lipinski definition) is 4. The van der Waals surface area contributed by atoms with E-state index in [1.54, 1.807) is 7.11 Å². The van der Waals surface area contributed by atoms with Gasteiger partial charge < -0.3 is 14.8 Å².